The summed E-state index contributed by atoms with van der Waals surface area (Å²) in [6, 6.07) is 13.5. The summed E-state index contributed by atoms with van der Waals surface area (Å²) >= 11 is 0. The van der Waals surface area contributed by atoms with Crippen molar-refractivity contribution in [2.24, 2.45) is 5.92 Å². The van der Waals surface area contributed by atoms with Gasteiger partial charge in [-0.3, -0.25) is 9.59 Å². The standard InChI is InChI=1S/C20H19FN2O2/c21-15-7-5-14(6-8-15)20(25)23-11-9-13(10-12-23)18-16-3-1-2-4-17(16)22-19(18)24/h1-8,13,18H,9-12H2,(H,22,24). The zero-order valence-corrected chi connectivity index (χ0v) is 13.7. The number of nitrogens with zero attached hydrogens (tertiary/aromatic N) is 1. The van der Waals surface area contributed by atoms with Gasteiger partial charge in [0.15, 0.2) is 0 Å². The summed E-state index contributed by atoms with van der Waals surface area (Å²) in [6.07, 6.45) is 1.58. The maximum atomic E-state index is 13.0. The molecular formula is C20H19FN2O2. The Morgan fingerprint density at radius 1 is 1.04 bits per heavy atom. The van der Waals surface area contributed by atoms with Gasteiger partial charge in [-0.2, -0.15) is 0 Å². The van der Waals surface area contributed by atoms with Crippen LogP contribution in [0.4, 0.5) is 10.1 Å². The van der Waals surface area contributed by atoms with Crippen LogP contribution in [-0.2, 0) is 4.79 Å². The fraction of sp³-hybridized carbons (Fsp3) is 0.300. The molecule has 0 aromatic heterocycles. The van der Waals surface area contributed by atoms with Crippen molar-refractivity contribution in [3.63, 3.8) is 0 Å². The van der Waals surface area contributed by atoms with E-state index in [2.05, 4.69) is 5.32 Å². The van der Waals surface area contributed by atoms with Crippen molar-refractivity contribution in [2.45, 2.75) is 18.8 Å². The lowest BCUT2D eigenvalue weighted by molar-refractivity contribution is -0.118. The first-order valence-electron chi connectivity index (χ1n) is 8.58. The van der Waals surface area contributed by atoms with Crippen LogP contribution in [0.2, 0.25) is 0 Å². The van der Waals surface area contributed by atoms with E-state index in [1.807, 2.05) is 24.3 Å². The van der Waals surface area contributed by atoms with E-state index in [0.717, 1.165) is 24.1 Å². The molecule has 2 aliphatic heterocycles. The number of piperidine rings is 1. The lowest BCUT2D eigenvalue weighted by Gasteiger charge is -2.34. The lowest BCUT2D eigenvalue weighted by atomic mass is 9.80. The molecule has 25 heavy (non-hydrogen) atoms. The van der Waals surface area contributed by atoms with Gasteiger partial charge in [0.1, 0.15) is 5.82 Å². The number of carbonyl (C=O) groups excluding carboxylic acids is 2. The van der Waals surface area contributed by atoms with Crippen LogP contribution in [0.15, 0.2) is 48.5 Å². The second kappa shape index (κ2) is 6.31. The van der Waals surface area contributed by atoms with Gasteiger partial charge in [0.25, 0.3) is 5.91 Å². The van der Waals surface area contributed by atoms with Gasteiger partial charge >= 0.3 is 0 Å². The van der Waals surface area contributed by atoms with E-state index < -0.39 is 0 Å². The number of halogens is 1. The minimum Gasteiger partial charge on any atom is -0.339 e. The number of amides is 2. The summed E-state index contributed by atoms with van der Waals surface area (Å²) < 4.78 is 13.0. The lowest BCUT2D eigenvalue weighted by Crippen LogP contribution is -2.40. The van der Waals surface area contributed by atoms with E-state index in [9.17, 15) is 14.0 Å². The number of para-hydroxylation sites is 1. The predicted octanol–water partition coefficient (Wildman–Crippen LogP) is 3.41. The molecule has 2 aliphatic rings. The molecule has 1 fully saturated rings. The van der Waals surface area contributed by atoms with Crippen LogP contribution in [0.5, 0.6) is 0 Å². The van der Waals surface area contributed by atoms with Crippen LogP contribution in [0, 0.1) is 11.7 Å². The Balaban J connectivity index is 1.44. The summed E-state index contributed by atoms with van der Waals surface area (Å²) in [7, 11) is 0. The molecule has 128 valence electrons. The third-order valence-electron chi connectivity index (χ3n) is 5.23. The summed E-state index contributed by atoms with van der Waals surface area (Å²) in [5, 5.41) is 2.95. The van der Waals surface area contributed by atoms with Gasteiger partial charge < -0.3 is 10.2 Å². The quantitative estimate of drug-likeness (QED) is 0.912. The number of rotatable bonds is 2. The molecule has 1 atom stereocenters. The molecule has 4 rings (SSSR count). The molecule has 2 amide bonds. The van der Waals surface area contributed by atoms with Gasteiger partial charge in [0.05, 0.1) is 5.92 Å². The van der Waals surface area contributed by atoms with Crippen molar-refractivity contribution in [1.82, 2.24) is 4.90 Å². The number of hydrogen-bond acceptors (Lipinski definition) is 2. The molecule has 1 saturated heterocycles. The van der Waals surface area contributed by atoms with Crippen LogP contribution in [0.25, 0.3) is 0 Å². The van der Waals surface area contributed by atoms with Crippen molar-refractivity contribution < 1.29 is 14.0 Å². The van der Waals surface area contributed by atoms with E-state index in [1.54, 1.807) is 4.90 Å². The molecule has 4 nitrogen and oxygen atoms in total. The van der Waals surface area contributed by atoms with E-state index in [1.165, 1.54) is 24.3 Å². The number of hydrogen-bond donors (Lipinski definition) is 1. The van der Waals surface area contributed by atoms with E-state index in [0.29, 0.717) is 18.7 Å². The molecule has 0 aliphatic carbocycles. The molecule has 0 spiro atoms. The number of anilines is 1. The average molecular weight is 338 g/mol. The first kappa shape index (κ1) is 15.8. The van der Waals surface area contributed by atoms with Gasteiger partial charge in [-0.1, -0.05) is 18.2 Å². The zero-order chi connectivity index (χ0) is 17.4. The Kier molecular flexibility index (Phi) is 3.99. The molecule has 1 N–H and O–H groups in total. The van der Waals surface area contributed by atoms with Crippen molar-refractivity contribution in [3.05, 3.63) is 65.5 Å². The summed E-state index contributed by atoms with van der Waals surface area (Å²) in [4.78, 5) is 26.7. The minimum absolute atomic E-state index is 0.0597. The summed E-state index contributed by atoms with van der Waals surface area (Å²) in [5.41, 5.74) is 2.47. The Labute approximate surface area is 145 Å². The molecule has 2 aromatic rings. The third-order valence-corrected chi connectivity index (χ3v) is 5.23. The first-order chi connectivity index (χ1) is 12.1. The van der Waals surface area contributed by atoms with Crippen molar-refractivity contribution in [3.8, 4) is 0 Å². The van der Waals surface area contributed by atoms with E-state index in [-0.39, 0.29) is 29.5 Å². The average Bonchev–Trinajstić information content (AvgIpc) is 2.97. The zero-order valence-electron chi connectivity index (χ0n) is 13.7. The van der Waals surface area contributed by atoms with Gasteiger partial charge in [-0.15, -0.1) is 0 Å². The highest BCUT2D eigenvalue weighted by atomic mass is 19.1. The summed E-state index contributed by atoms with van der Waals surface area (Å²) in [6.45, 7) is 1.24. The maximum absolute atomic E-state index is 13.0. The SMILES string of the molecule is O=C1Nc2ccccc2C1C1CCN(C(=O)c2ccc(F)cc2)CC1. The molecule has 0 bridgehead atoms. The number of benzene rings is 2. The molecule has 5 heteroatoms. The topological polar surface area (TPSA) is 49.4 Å². The van der Waals surface area contributed by atoms with E-state index >= 15 is 0 Å². The van der Waals surface area contributed by atoms with Crippen molar-refractivity contribution in [1.29, 1.82) is 0 Å². The second-order valence-corrected chi connectivity index (χ2v) is 6.69. The molecule has 2 heterocycles. The number of fused-ring (bicyclic) bond motifs is 1. The molecule has 2 aromatic carbocycles. The predicted molar refractivity (Wildman–Crippen MR) is 92.8 cm³/mol. The minimum atomic E-state index is -0.346. The molecular weight excluding hydrogens is 319 g/mol. The Hall–Kier alpha value is -2.69. The van der Waals surface area contributed by atoms with Gasteiger partial charge in [0.2, 0.25) is 5.91 Å². The Morgan fingerprint density at radius 3 is 2.44 bits per heavy atom. The van der Waals surface area contributed by atoms with Gasteiger partial charge in [-0.05, 0) is 54.7 Å². The second-order valence-electron chi connectivity index (χ2n) is 6.69. The van der Waals surface area contributed by atoms with Gasteiger partial charge in [0, 0.05) is 24.3 Å². The first-order valence-corrected chi connectivity index (χ1v) is 8.58. The fourth-order valence-electron chi connectivity index (χ4n) is 3.91. The van der Waals surface area contributed by atoms with Crippen LogP contribution >= 0.6 is 0 Å². The largest absolute Gasteiger partial charge is 0.339 e. The molecule has 0 saturated carbocycles. The van der Waals surface area contributed by atoms with Crippen molar-refractivity contribution >= 4 is 17.5 Å². The van der Waals surface area contributed by atoms with Crippen LogP contribution in [-0.4, -0.2) is 29.8 Å². The van der Waals surface area contributed by atoms with E-state index in [4.69, 9.17) is 0 Å². The highest BCUT2D eigenvalue weighted by molar-refractivity contribution is 6.03. The maximum Gasteiger partial charge on any atom is 0.253 e. The summed E-state index contributed by atoms with van der Waals surface area (Å²) in [5.74, 6) is -0.249. The highest BCUT2D eigenvalue weighted by Crippen LogP contribution is 2.41. The number of likely N-dealkylation sites (tertiary alicyclic amines) is 1. The third kappa shape index (κ3) is 2.90. The molecule has 1 unspecified atom stereocenters. The van der Waals surface area contributed by atoms with Crippen LogP contribution < -0.4 is 5.32 Å². The van der Waals surface area contributed by atoms with Gasteiger partial charge in [-0.25, -0.2) is 4.39 Å². The van der Waals surface area contributed by atoms with Crippen LogP contribution in [0.1, 0.15) is 34.7 Å². The Bertz CT molecular complexity index is 811. The Morgan fingerprint density at radius 2 is 1.72 bits per heavy atom. The normalized spacial score (nSPS) is 20.3. The molecule has 0 radical (unpaired) electrons. The fourth-order valence-corrected chi connectivity index (χ4v) is 3.91. The highest BCUT2D eigenvalue weighted by Gasteiger charge is 2.38. The number of carbonyl (C=O) groups is 2. The van der Waals surface area contributed by atoms with Crippen molar-refractivity contribution in [2.75, 3.05) is 18.4 Å². The van der Waals surface area contributed by atoms with Crippen LogP contribution in [0.3, 0.4) is 0 Å². The monoisotopic (exact) mass is 338 g/mol. The number of nitrogens with one attached hydrogen (secondary N) is 1. The smallest absolute Gasteiger partial charge is 0.253 e.